The van der Waals surface area contributed by atoms with Crippen molar-refractivity contribution < 1.29 is 8.42 Å². The van der Waals surface area contributed by atoms with E-state index in [1.54, 1.807) is 6.92 Å². The molecule has 0 spiro atoms. The molecule has 1 saturated carbocycles. The molecule has 6 nitrogen and oxygen atoms in total. The van der Waals surface area contributed by atoms with Crippen LogP contribution in [0.1, 0.15) is 38.4 Å². The smallest absolute Gasteiger partial charge is 0.257 e. The number of hydrogen-bond acceptors (Lipinski definition) is 4. The second-order valence-corrected chi connectivity index (χ2v) is 6.74. The zero-order chi connectivity index (χ0) is 13.9. The molecule has 3 N–H and O–H groups in total. The van der Waals surface area contributed by atoms with Crippen LogP contribution in [0.5, 0.6) is 0 Å². The summed E-state index contributed by atoms with van der Waals surface area (Å²) in [6.45, 7) is 4.80. The fourth-order valence-electron chi connectivity index (χ4n) is 2.52. The number of aromatic amines is 1. The molecular formula is C12H22N4O2S. The monoisotopic (exact) mass is 286 g/mol. The predicted octanol–water partition coefficient (Wildman–Crippen LogP) is 0.917. The fraction of sp³-hybridized carbons (Fsp3) is 0.750. The number of aryl methyl sites for hydroxylation is 1. The molecule has 0 saturated heterocycles. The first kappa shape index (κ1) is 14.5. The maximum Gasteiger partial charge on any atom is 0.257 e. The molecule has 0 unspecified atom stereocenters. The van der Waals surface area contributed by atoms with Gasteiger partial charge in [-0.3, -0.25) is 0 Å². The van der Waals surface area contributed by atoms with Gasteiger partial charge in [-0.15, -0.1) is 0 Å². The Morgan fingerprint density at radius 2 is 1.95 bits per heavy atom. The van der Waals surface area contributed by atoms with Gasteiger partial charge in [-0.1, -0.05) is 6.92 Å². The van der Waals surface area contributed by atoms with Crippen molar-refractivity contribution in [3.05, 3.63) is 12.0 Å². The quantitative estimate of drug-likeness (QED) is 0.751. The molecule has 1 aromatic rings. The van der Waals surface area contributed by atoms with Gasteiger partial charge in [0, 0.05) is 12.1 Å². The fourth-order valence-corrected chi connectivity index (χ4v) is 3.80. The van der Waals surface area contributed by atoms with Crippen LogP contribution in [0.2, 0.25) is 0 Å². The van der Waals surface area contributed by atoms with E-state index in [2.05, 4.69) is 26.9 Å². The predicted molar refractivity (Wildman–Crippen MR) is 73.4 cm³/mol. The number of aromatic nitrogens is 2. The minimum Gasteiger partial charge on any atom is -0.332 e. The SMILES string of the molecule is CCNC1CCC(NS(=O)(=O)c2cnc(C)[nH]2)CC1. The van der Waals surface area contributed by atoms with Gasteiger partial charge in [-0.2, -0.15) is 0 Å². The lowest BCUT2D eigenvalue weighted by Gasteiger charge is -2.29. The molecule has 108 valence electrons. The van der Waals surface area contributed by atoms with Crippen molar-refractivity contribution in [3.63, 3.8) is 0 Å². The summed E-state index contributed by atoms with van der Waals surface area (Å²) in [6.07, 6.45) is 5.15. The summed E-state index contributed by atoms with van der Waals surface area (Å²) in [5.41, 5.74) is 0. The molecule has 1 heterocycles. The largest absolute Gasteiger partial charge is 0.332 e. The number of nitrogens with one attached hydrogen (secondary N) is 3. The van der Waals surface area contributed by atoms with Crippen LogP contribution in [0, 0.1) is 6.92 Å². The van der Waals surface area contributed by atoms with Gasteiger partial charge in [0.25, 0.3) is 10.0 Å². The van der Waals surface area contributed by atoms with Crippen LogP contribution < -0.4 is 10.0 Å². The number of imidazole rings is 1. The van der Waals surface area contributed by atoms with Crippen molar-refractivity contribution in [2.75, 3.05) is 6.54 Å². The summed E-state index contributed by atoms with van der Waals surface area (Å²) in [4.78, 5) is 6.69. The molecule has 0 aliphatic heterocycles. The maximum absolute atomic E-state index is 12.1. The second-order valence-electron chi connectivity index (χ2n) is 5.06. The van der Waals surface area contributed by atoms with E-state index in [1.807, 2.05) is 0 Å². The molecule has 0 atom stereocenters. The van der Waals surface area contributed by atoms with Gasteiger partial charge in [0.05, 0.1) is 6.20 Å². The number of hydrogen-bond donors (Lipinski definition) is 3. The lowest BCUT2D eigenvalue weighted by Crippen LogP contribution is -2.42. The second kappa shape index (κ2) is 6.02. The van der Waals surface area contributed by atoms with E-state index in [4.69, 9.17) is 0 Å². The average molecular weight is 286 g/mol. The minimum absolute atomic E-state index is 0.0310. The van der Waals surface area contributed by atoms with Crippen LogP contribution in [0.25, 0.3) is 0 Å². The molecule has 1 fully saturated rings. The summed E-state index contributed by atoms with van der Waals surface area (Å²) in [5.74, 6) is 0.608. The zero-order valence-corrected chi connectivity index (χ0v) is 12.3. The Balaban J connectivity index is 1.92. The van der Waals surface area contributed by atoms with Gasteiger partial charge in [0.1, 0.15) is 5.82 Å². The maximum atomic E-state index is 12.1. The van der Waals surface area contributed by atoms with Crippen LogP contribution in [-0.4, -0.2) is 37.0 Å². The van der Waals surface area contributed by atoms with E-state index in [-0.39, 0.29) is 11.1 Å². The van der Waals surface area contributed by atoms with Gasteiger partial charge in [0.2, 0.25) is 0 Å². The molecule has 0 aromatic carbocycles. The molecule has 0 amide bonds. The van der Waals surface area contributed by atoms with Gasteiger partial charge in [0.15, 0.2) is 5.03 Å². The van der Waals surface area contributed by atoms with Gasteiger partial charge in [-0.25, -0.2) is 18.1 Å². The summed E-state index contributed by atoms with van der Waals surface area (Å²) < 4.78 is 27.0. The highest BCUT2D eigenvalue weighted by Crippen LogP contribution is 2.20. The molecule has 19 heavy (non-hydrogen) atoms. The van der Waals surface area contributed by atoms with Gasteiger partial charge >= 0.3 is 0 Å². The van der Waals surface area contributed by atoms with E-state index < -0.39 is 10.0 Å². The van der Waals surface area contributed by atoms with Crippen LogP contribution in [0.4, 0.5) is 0 Å². The van der Waals surface area contributed by atoms with Gasteiger partial charge < -0.3 is 10.3 Å². The minimum atomic E-state index is -3.46. The average Bonchev–Trinajstić information content (AvgIpc) is 2.79. The molecule has 0 radical (unpaired) electrons. The molecule has 1 aliphatic rings. The third kappa shape index (κ3) is 3.77. The summed E-state index contributed by atoms with van der Waals surface area (Å²) >= 11 is 0. The van der Waals surface area contributed by atoms with Crippen LogP contribution in [-0.2, 0) is 10.0 Å². The molecule has 2 rings (SSSR count). The van der Waals surface area contributed by atoms with Crippen molar-refractivity contribution in [1.29, 1.82) is 0 Å². The van der Waals surface area contributed by atoms with Crippen LogP contribution >= 0.6 is 0 Å². The van der Waals surface area contributed by atoms with E-state index >= 15 is 0 Å². The highest BCUT2D eigenvalue weighted by atomic mass is 32.2. The van der Waals surface area contributed by atoms with E-state index in [0.717, 1.165) is 32.2 Å². The Morgan fingerprint density at radius 3 is 2.47 bits per heavy atom. The standard InChI is InChI=1S/C12H22N4O2S/c1-3-13-10-4-6-11(7-5-10)16-19(17,18)12-8-14-9(2)15-12/h8,10-11,13,16H,3-7H2,1-2H3,(H,14,15). The van der Waals surface area contributed by atoms with Crippen molar-refractivity contribution >= 4 is 10.0 Å². The summed E-state index contributed by atoms with van der Waals surface area (Å²) in [6, 6.07) is 0.559. The topological polar surface area (TPSA) is 86.9 Å². The summed E-state index contributed by atoms with van der Waals surface area (Å²) in [7, 11) is -3.46. The highest BCUT2D eigenvalue weighted by Gasteiger charge is 2.26. The number of H-pyrrole nitrogens is 1. The first-order valence-electron chi connectivity index (χ1n) is 6.78. The number of nitrogens with zero attached hydrogens (tertiary/aromatic N) is 1. The van der Waals surface area contributed by atoms with E-state index in [0.29, 0.717) is 11.9 Å². The molecule has 1 aliphatic carbocycles. The molecule has 1 aromatic heterocycles. The zero-order valence-electron chi connectivity index (χ0n) is 11.4. The van der Waals surface area contributed by atoms with Crippen molar-refractivity contribution in [2.24, 2.45) is 0 Å². The van der Waals surface area contributed by atoms with Crippen molar-refractivity contribution in [1.82, 2.24) is 20.0 Å². The first-order chi connectivity index (χ1) is 9.01. The third-order valence-electron chi connectivity index (χ3n) is 3.51. The van der Waals surface area contributed by atoms with Gasteiger partial charge in [-0.05, 0) is 39.2 Å². The van der Waals surface area contributed by atoms with Crippen molar-refractivity contribution in [3.8, 4) is 0 Å². The number of sulfonamides is 1. The molecular weight excluding hydrogens is 264 g/mol. The Morgan fingerprint density at radius 1 is 1.32 bits per heavy atom. The number of rotatable bonds is 5. The van der Waals surface area contributed by atoms with Crippen LogP contribution in [0.15, 0.2) is 11.2 Å². The lowest BCUT2D eigenvalue weighted by molar-refractivity contribution is 0.333. The van der Waals surface area contributed by atoms with E-state index in [1.165, 1.54) is 6.20 Å². The Hall–Kier alpha value is -0.920. The molecule has 0 bridgehead atoms. The Kier molecular flexibility index (Phi) is 4.59. The normalized spacial score (nSPS) is 24.5. The van der Waals surface area contributed by atoms with Crippen molar-refractivity contribution in [2.45, 2.75) is 56.6 Å². The first-order valence-corrected chi connectivity index (χ1v) is 8.27. The highest BCUT2D eigenvalue weighted by molar-refractivity contribution is 7.89. The van der Waals surface area contributed by atoms with Crippen LogP contribution in [0.3, 0.4) is 0 Å². The summed E-state index contributed by atoms with van der Waals surface area (Å²) in [5, 5.41) is 3.56. The third-order valence-corrected chi connectivity index (χ3v) is 4.94. The lowest BCUT2D eigenvalue weighted by atomic mass is 9.92. The Bertz CT molecular complexity index is 504. The molecule has 7 heteroatoms. The van der Waals surface area contributed by atoms with E-state index in [9.17, 15) is 8.42 Å². The Labute approximate surface area is 114 Å².